The van der Waals surface area contributed by atoms with Crippen LogP contribution < -0.4 is 5.32 Å². The first-order chi connectivity index (χ1) is 8.75. The van der Waals surface area contributed by atoms with Gasteiger partial charge in [0.25, 0.3) is 0 Å². The standard InChI is InChI=1S/C15H16N2O/c1-12(18)13-5-7-15(8-6-13)17-11-9-14-4-2-3-10-16-14/h2-8,10,17H,9,11H2,1H3. The molecule has 2 rings (SSSR count). The topological polar surface area (TPSA) is 42.0 Å². The minimum atomic E-state index is 0.0926. The van der Waals surface area contributed by atoms with Gasteiger partial charge in [-0.25, -0.2) is 0 Å². The highest BCUT2D eigenvalue weighted by Gasteiger charge is 1.98. The van der Waals surface area contributed by atoms with Crippen LogP contribution in [0.4, 0.5) is 5.69 Å². The van der Waals surface area contributed by atoms with Gasteiger partial charge in [0.15, 0.2) is 5.78 Å². The zero-order chi connectivity index (χ0) is 12.8. The van der Waals surface area contributed by atoms with E-state index in [0.717, 1.165) is 29.9 Å². The van der Waals surface area contributed by atoms with Gasteiger partial charge in [-0.05, 0) is 43.3 Å². The summed E-state index contributed by atoms with van der Waals surface area (Å²) < 4.78 is 0. The van der Waals surface area contributed by atoms with Crippen LogP contribution in [0.1, 0.15) is 23.0 Å². The number of carbonyl (C=O) groups excluding carboxylic acids is 1. The van der Waals surface area contributed by atoms with E-state index in [4.69, 9.17) is 0 Å². The van der Waals surface area contributed by atoms with Crippen LogP contribution >= 0.6 is 0 Å². The minimum Gasteiger partial charge on any atom is -0.385 e. The number of hydrogen-bond donors (Lipinski definition) is 1. The van der Waals surface area contributed by atoms with E-state index in [2.05, 4.69) is 10.3 Å². The number of anilines is 1. The first-order valence-corrected chi connectivity index (χ1v) is 6.00. The van der Waals surface area contributed by atoms with Gasteiger partial charge in [0.05, 0.1) is 0 Å². The maximum atomic E-state index is 11.1. The zero-order valence-electron chi connectivity index (χ0n) is 10.4. The Morgan fingerprint density at radius 3 is 2.56 bits per heavy atom. The molecule has 0 spiro atoms. The van der Waals surface area contributed by atoms with E-state index in [1.807, 2.05) is 42.5 Å². The Bertz CT molecular complexity index is 506. The number of carbonyl (C=O) groups is 1. The summed E-state index contributed by atoms with van der Waals surface area (Å²) in [6.07, 6.45) is 2.69. The summed E-state index contributed by atoms with van der Waals surface area (Å²) >= 11 is 0. The molecule has 1 aromatic heterocycles. The van der Waals surface area contributed by atoms with E-state index in [1.165, 1.54) is 0 Å². The van der Waals surface area contributed by atoms with Gasteiger partial charge in [0, 0.05) is 36.1 Å². The quantitative estimate of drug-likeness (QED) is 0.817. The van der Waals surface area contributed by atoms with E-state index < -0.39 is 0 Å². The molecule has 1 heterocycles. The van der Waals surface area contributed by atoms with Crippen LogP contribution in [-0.4, -0.2) is 17.3 Å². The van der Waals surface area contributed by atoms with Gasteiger partial charge in [0.1, 0.15) is 0 Å². The molecule has 0 saturated heterocycles. The predicted octanol–water partition coefficient (Wildman–Crippen LogP) is 2.94. The highest BCUT2D eigenvalue weighted by atomic mass is 16.1. The van der Waals surface area contributed by atoms with Crippen LogP contribution in [0.15, 0.2) is 48.7 Å². The van der Waals surface area contributed by atoms with Gasteiger partial charge in [0.2, 0.25) is 0 Å². The fraction of sp³-hybridized carbons (Fsp3) is 0.200. The molecule has 0 unspecified atom stereocenters. The van der Waals surface area contributed by atoms with Crippen molar-refractivity contribution in [1.29, 1.82) is 0 Å². The van der Waals surface area contributed by atoms with Gasteiger partial charge in [-0.1, -0.05) is 6.07 Å². The fourth-order valence-corrected chi connectivity index (χ4v) is 1.70. The van der Waals surface area contributed by atoms with Crippen molar-refractivity contribution in [2.24, 2.45) is 0 Å². The van der Waals surface area contributed by atoms with Gasteiger partial charge >= 0.3 is 0 Å². The Hall–Kier alpha value is -2.16. The first-order valence-electron chi connectivity index (χ1n) is 6.00. The lowest BCUT2D eigenvalue weighted by atomic mass is 10.1. The highest BCUT2D eigenvalue weighted by Crippen LogP contribution is 2.10. The van der Waals surface area contributed by atoms with Gasteiger partial charge in [-0.2, -0.15) is 0 Å². The minimum absolute atomic E-state index is 0.0926. The Balaban J connectivity index is 1.85. The maximum absolute atomic E-state index is 11.1. The number of nitrogens with one attached hydrogen (secondary N) is 1. The van der Waals surface area contributed by atoms with Crippen molar-refractivity contribution in [3.8, 4) is 0 Å². The smallest absolute Gasteiger partial charge is 0.159 e. The summed E-state index contributed by atoms with van der Waals surface area (Å²) in [7, 11) is 0. The summed E-state index contributed by atoms with van der Waals surface area (Å²) in [5, 5.41) is 3.31. The zero-order valence-corrected chi connectivity index (χ0v) is 10.4. The lowest BCUT2D eigenvalue weighted by molar-refractivity contribution is 0.101. The molecule has 2 aromatic rings. The monoisotopic (exact) mass is 240 g/mol. The Labute approximate surface area is 107 Å². The number of ketones is 1. The maximum Gasteiger partial charge on any atom is 0.159 e. The lowest BCUT2D eigenvalue weighted by Crippen LogP contribution is -2.06. The molecule has 0 saturated carbocycles. The van der Waals surface area contributed by atoms with Crippen LogP contribution in [0.2, 0.25) is 0 Å². The SMILES string of the molecule is CC(=O)c1ccc(NCCc2ccccn2)cc1. The van der Waals surface area contributed by atoms with Crippen LogP contribution in [0.5, 0.6) is 0 Å². The molecular formula is C15H16N2O. The van der Waals surface area contributed by atoms with Crippen LogP contribution in [0.3, 0.4) is 0 Å². The summed E-state index contributed by atoms with van der Waals surface area (Å²) in [5.41, 5.74) is 2.84. The summed E-state index contributed by atoms with van der Waals surface area (Å²) in [5.74, 6) is 0.0926. The summed E-state index contributed by atoms with van der Waals surface area (Å²) in [6, 6.07) is 13.4. The Morgan fingerprint density at radius 2 is 1.94 bits per heavy atom. The predicted molar refractivity (Wildman–Crippen MR) is 72.9 cm³/mol. The number of benzene rings is 1. The fourth-order valence-electron chi connectivity index (χ4n) is 1.70. The number of nitrogens with zero attached hydrogens (tertiary/aromatic N) is 1. The van der Waals surface area contributed by atoms with E-state index in [1.54, 1.807) is 13.1 Å². The third-order valence-corrected chi connectivity index (χ3v) is 2.73. The first kappa shape index (κ1) is 12.3. The molecule has 1 N–H and O–H groups in total. The Kier molecular flexibility index (Phi) is 4.07. The molecule has 0 aliphatic rings. The second-order valence-corrected chi connectivity index (χ2v) is 4.13. The van der Waals surface area contributed by atoms with Crippen LogP contribution in [0, 0.1) is 0 Å². The van der Waals surface area contributed by atoms with Crippen molar-refractivity contribution in [2.75, 3.05) is 11.9 Å². The number of pyridine rings is 1. The number of hydrogen-bond acceptors (Lipinski definition) is 3. The molecule has 3 nitrogen and oxygen atoms in total. The third-order valence-electron chi connectivity index (χ3n) is 2.73. The second kappa shape index (κ2) is 5.96. The van der Waals surface area contributed by atoms with E-state index in [9.17, 15) is 4.79 Å². The van der Waals surface area contributed by atoms with E-state index in [0.29, 0.717) is 0 Å². The van der Waals surface area contributed by atoms with Crippen molar-refractivity contribution < 1.29 is 4.79 Å². The molecule has 0 atom stereocenters. The molecule has 0 amide bonds. The largest absolute Gasteiger partial charge is 0.385 e. The molecule has 18 heavy (non-hydrogen) atoms. The van der Waals surface area contributed by atoms with Crippen LogP contribution in [0.25, 0.3) is 0 Å². The highest BCUT2D eigenvalue weighted by molar-refractivity contribution is 5.94. The van der Waals surface area contributed by atoms with E-state index in [-0.39, 0.29) is 5.78 Å². The number of rotatable bonds is 5. The Morgan fingerprint density at radius 1 is 1.17 bits per heavy atom. The molecule has 1 aromatic carbocycles. The van der Waals surface area contributed by atoms with Crippen molar-refractivity contribution in [3.63, 3.8) is 0 Å². The number of Topliss-reactive ketones (excluding diaryl/α,β-unsaturated/α-hetero) is 1. The molecule has 0 fully saturated rings. The second-order valence-electron chi connectivity index (χ2n) is 4.13. The summed E-state index contributed by atoms with van der Waals surface area (Å²) in [6.45, 7) is 2.40. The molecule has 0 aliphatic heterocycles. The summed E-state index contributed by atoms with van der Waals surface area (Å²) in [4.78, 5) is 15.4. The van der Waals surface area contributed by atoms with E-state index >= 15 is 0 Å². The van der Waals surface area contributed by atoms with Crippen LogP contribution in [-0.2, 0) is 6.42 Å². The normalized spacial score (nSPS) is 10.1. The molecule has 0 bridgehead atoms. The van der Waals surface area contributed by atoms with Crippen molar-refractivity contribution >= 4 is 11.5 Å². The van der Waals surface area contributed by atoms with Crippen molar-refractivity contribution in [3.05, 3.63) is 59.9 Å². The molecule has 0 aliphatic carbocycles. The molecule has 0 radical (unpaired) electrons. The third kappa shape index (κ3) is 3.42. The van der Waals surface area contributed by atoms with Gasteiger partial charge in [-0.3, -0.25) is 9.78 Å². The van der Waals surface area contributed by atoms with Gasteiger partial charge < -0.3 is 5.32 Å². The molecule has 92 valence electrons. The average Bonchev–Trinajstić information content (AvgIpc) is 2.40. The van der Waals surface area contributed by atoms with Gasteiger partial charge in [-0.15, -0.1) is 0 Å². The lowest BCUT2D eigenvalue weighted by Gasteiger charge is -2.06. The van der Waals surface area contributed by atoms with Crippen molar-refractivity contribution in [1.82, 2.24) is 4.98 Å². The number of aromatic nitrogens is 1. The molecular weight excluding hydrogens is 224 g/mol. The average molecular weight is 240 g/mol. The van der Waals surface area contributed by atoms with Crippen molar-refractivity contribution in [2.45, 2.75) is 13.3 Å². The molecule has 3 heteroatoms.